The van der Waals surface area contributed by atoms with Gasteiger partial charge in [0, 0.05) is 36.0 Å². The lowest BCUT2D eigenvalue weighted by Crippen LogP contribution is -2.44. The molecule has 4 aromatic rings. The molecule has 6 rings (SSSR count). The van der Waals surface area contributed by atoms with Crippen LogP contribution in [0.15, 0.2) is 48.8 Å². The first-order valence-corrected chi connectivity index (χ1v) is 11.8. The summed E-state index contributed by atoms with van der Waals surface area (Å²) in [5.41, 5.74) is 9.54. The normalized spacial score (nSPS) is 18.4. The summed E-state index contributed by atoms with van der Waals surface area (Å²) in [5.74, 6) is 1.80. The van der Waals surface area contributed by atoms with Crippen molar-refractivity contribution in [2.24, 2.45) is 11.1 Å². The third kappa shape index (κ3) is 3.73. The number of nitrogens with two attached hydrogens (primary N) is 1. The monoisotopic (exact) mass is 459 g/mol. The van der Waals surface area contributed by atoms with E-state index in [-0.39, 0.29) is 17.2 Å². The van der Waals surface area contributed by atoms with Gasteiger partial charge in [0.2, 0.25) is 0 Å². The summed E-state index contributed by atoms with van der Waals surface area (Å²) in [7, 11) is 0. The SMILES string of the molecule is CC1(COc2ccc3c(c2)ncn3-c2ccc3ccc(O)c(N4CCC(N)CC4)c3n2)COC1. The van der Waals surface area contributed by atoms with Gasteiger partial charge < -0.3 is 25.2 Å². The van der Waals surface area contributed by atoms with Crippen molar-refractivity contribution in [2.75, 3.05) is 37.8 Å². The van der Waals surface area contributed by atoms with E-state index in [0.717, 1.165) is 78.3 Å². The number of hydrogen-bond donors (Lipinski definition) is 2. The Hall–Kier alpha value is -3.36. The molecule has 0 unspecified atom stereocenters. The highest BCUT2D eigenvalue weighted by Crippen LogP contribution is 2.37. The van der Waals surface area contributed by atoms with E-state index in [2.05, 4.69) is 16.8 Å². The quantitative estimate of drug-likeness (QED) is 0.470. The molecule has 4 heterocycles. The van der Waals surface area contributed by atoms with Gasteiger partial charge in [0.25, 0.3) is 0 Å². The van der Waals surface area contributed by atoms with E-state index in [1.807, 2.05) is 41.0 Å². The van der Waals surface area contributed by atoms with Crippen LogP contribution in [-0.2, 0) is 4.74 Å². The Bertz CT molecular complexity index is 1360. The van der Waals surface area contributed by atoms with Crippen LogP contribution < -0.4 is 15.4 Å². The van der Waals surface area contributed by atoms with Crippen LogP contribution >= 0.6 is 0 Å². The zero-order valence-corrected chi connectivity index (χ0v) is 19.3. The van der Waals surface area contributed by atoms with E-state index in [0.29, 0.717) is 6.61 Å². The molecule has 176 valence electrons. The number of pyridine rings is 1. The van der Waals surface area contributed by atoms with Crippen molar-refractivity contribution in [3.8, 4) is 17.3 Å². The van der Waals surface area contributed by atoms with Gasteiger partial charge in [0.1, 0.15) is 29.3 Å². The second-order valence-electron chi connectivity index (χ2n) is 9.86. The summed E-state index contributed by atoms with van der Waals surface area (Å²) in [6.07, 6.45) is 3.59. The molecule has 0 atom stereocenters. The molecule has 8 nitrogen and oxygen atoms in total. The summed E-state index contributed by atoms with van der Waals surface area (Å²) < 4.78 is 13.3. The number of benzene rings is 2. The number of nitrogens with zero attached hydrogens (tertiary/aromatic N) is 4. The predicted octanol–water partition coefficient (Wildman–Crippen LogP) is 3.62. The van der Waals surface area contributed by atoms with Crippen LogP contribution in [0.4, 0.5) is 5.69 Å². The van der Waals surface area contributed by atoms with Crippen molar-refractivity contribution in [3.05, 3.63) is 48.8 Å². The Morgan fingerprint density at radius 1 is 1.15 bits per heavy atom. The number of phenols is 1. The molecule has 0 aliphatic carbocycles. The third-order valence-electron chi connectivity index (χ3n) is 6.91. The van der Waals surface area contributed by atoms with E-state index in [9.17, 15) is 5.11 Å². The van der Waals surface area contributed by atoms with Crippen LogP contribution in [-0.4, -0.2) is 58.6 Å². The number of fused-ring (bicyclic) bond motifs is 2. The van der Waals surface area contributed by atoms with E-state index >= 15 is 0 Å². The van der Waals surface area contributed by atoms with Crippen molar-refractivity contribution in [3.63, 3.8) is 0 Å². The van der Waals surface area contributed by atoms with E-state index in [1.165, 1.54) is 0 Å². The molecular formula is C26H29N5O3. The smallest absolute Gasteiger partial charge is 0.141 e. The lowest BCUT2D eigenvalue weighted by molar-refractivity contribution is -0.120. The Morgan fingerprint density at radius 3 is 2.71 bits per heavy atom. The number of piperidine rings is 1. The Kier molecular flexibility index (Phi) is 5.08. The van der Waals surface area contributed by atoms with Gasteiger partial charge in [-0.05, 0) is 49.2 Å². The predicted molar refractivity (Wildman–Crippen MR) is 132 cm³/mol. The molecule has 2 aromatic heterocycles. The maximum absolute atomic E-state index is 10.7. The lowest BCUT2D eigenvalue weighted by atomic mass is 9.90. The molecule has 8 heteroatoms. The summed E-state index contributed by atoms with van der Waals surface area (Å²) in [6.45, 7) is 5.88. The molecule has 2 fully saturated rings. The van der Waals surface area contributed by atoms with Gasteiger partial charge in [-0.1, -0.05) is 6.92 Å². The molecule has 3 N–H and O–H groups in total. The number of phenolic OH excluding ortho intramolecular Hbond substituents is 1. The number of imidazole rings is 1. The average molecular weight is 460 g/mol. The van der Waals surface area contributed by atoms with E-state index in [1.54, 1.807) is 12.4 Å². The maximum atomic E-state index is 10.7. The largest absolute Gasteiger partial charge is 0.506 e. The number of rotatable bonds is 5. The van der Waals surface area contributed by atoms with Gasteiger partial charge in [-0.15, -0.1) is 0 Å². The Balaban J connectivity index is 1.34. The Labute approximate surface area is 197 Å². The summed E-state index contributed by atoms with van der Waals surface area (Å²) in [5, 5.41) is 11.7. The second kappa shape index (κ2) is 8.14. The molecular weight excluding hydrogens is 430 g/mol. The number of aromatic nitrogens is 3. The molecule has 0 bridgehead atoms. The highest BCUT2D eigenvalue weighted by molar-refractivity contribution is 5.95. The fourth-order valence-electron chi connectivity index (χ4n) is 4.78. The van der Waals surface area contributed by atoms with Crippen molar-refractivity contribution >= 4 is 27.6 Å². The van der Waals surface area contributed by atoms with Gasteiger partial charge in [0.05, 0.1) is 36.4 Å². The number of aromatic hydroxyl groups is 1. The highest BCUT2D eigenvalue weighted by atomic mass is 16.5. The summed E-state index contributed by atoms with van der Waals surface area (Å²) in [4.78, 5) is 11.8. The second-order valence-corrected chi connectivity index (χ2v) is 9.86. The maximum Gasteiger partial charge on any atom is 0.141 e. The average Bonchev–Trinajstić information content (AvgIpc) is 3.25. The fourth-order valence-corrected chi connectivity index (χ4v) is 4.78. The zero-order chi connectivity index (χ0) is 23.3. The number of hydrogen-bond acceptors (Lipinski definition) is 7. The summed E-state index contributed by atoms with van der Waals surface area (Å²) in [6, 6.07) is 13.8. The minimum Gasteiger partial charge on any atom is -0.506 e. The van der Waals surface area contributed by atoms with Gasteiger partial charge in [0.15, 0.2) is 0 Å². The minimum absolute atomic E-state index is 0.0893. The van der Waals surface area contributed by atoms with Gasteiger partial charge in [-0.25, -0.2) is 9.97 Å². The molecule has 34 heavy (non-hydrogen) atoms. The molecule has 2 aromatic carbocycles. The number of ether oxygens (including phenoxy) is 2. The van der Waals surface area contributed by atoms with Crippen LogP contribution in [0.25, 0.3) is 27.8 Å². The van der Waals surface area contributed by atoms with Crippen LogP contribution in [0.5, 0.6) is 11.5 Å². The molecule has 0 radical (unpaired) electrons. The van der Waals surface area contributed by atoms with E-state index in [4.69, 9.17) is 20.2 Å². The fraction of sp³-hybridized carbons (Fsp3) is 0.385. The molecule has 0 saturated carbocycles. The van der Waals surface area contributed by atoms with Crippen molar-refractivity contribution < 1.29 is 14.6 Å². The van der Waals surface area contributed by atoms with Crippen LogP contribution in [0.2, 0.25) is 0 Å². The first-order chi connectivity index (χ1) is 16.5. The van der Waals surface area contributed by atoms with Crippen LogP contribution in [0.3, 0.4) is 0 Å². The zero-order valence-electron chi connectivity index (χ0n) is 19.3. The van der Waals surface area contributed by atoms with Gasteiger partial charge in [-0.2, -0.15) is 0 Å². The standard InChI is InChI=1S/C26H29N5O3/c1-26(13-33-14-26)15-34-19-4-5-21-20(12-19)28-16-31(21)23-7-3-17-2-6-22(32)25(24(17)29-23)30-10-8-18(27)9-11-30/h2-7,12,16,18,32H,8-11,13-15,27H2,1H3. The first kappa shape index (κ1) is 21.2. The Morgan fingerprint density at radius 2 is 1.94 bits per heavy atom. The van der Waals surface area contributed by atoms with Gasteiger partial charge >= 0.3 is 0 Å². The van der Waals surface area contributed by atoms with Crippen molar-refractivity contribution in [1.82, 2.24) is 14.5 Å². The lowest BCUT2D eigenvalue weighted by Gasteiger charge is -2.37. The third-order valence-corrected chi connectivity index (χ3v) is 6.91. The van der Waals surface area contributed by atoms with Crippen molar-refractivity contribution in [1.29, 1.82) is 0 Å². The molecule has 2 aliphatic rings. The molecule has 0 spiro atoms. The van der Waals surface area contributed by atoms with Gasteiger partial charge in [-0.3, -0.25) is 4.57 Å². The summed E-state index contributed by atoms with van der Waals surface area (Å²) >= 11 is 0. The van der Waals surface area contributed by atoms with Crippen molar-refractivity contribution in [2.45, 2.75) is 25.8 Å². The van der Waals surface area contributed by atoms with Crippen LogP contribution in [0.1, 0.15) is 19.8 Å². The first-order valence-electron chi connectivity index (χ1n) is 11.8. The molecule has 2 aliphatic heterocycles. The molecule has 2 saturated heterocycles. The highest BCUT2D eigenvalue weighted by Gasteiger charge is 2.34. The molecule has 0 amide bonds. The van der Waals surface area contributed by atoms with E-state index < -0.39 is 0 Å². The topological polar surface area (TPSA) is 98.7 Å². The minimum atomic E-state index is 0.0893. The van der Waals surface area contributed by atoms with Crippen LogP contribution in [0, 0.1) is 5.41 Å². The number of anilines is 1.